The summed E-state index contributed by atoms with van der Waals surface area (Å²) < 4.78 is 5.05. The Bertz CT molecular complexity index is 942. The summed E-state index contributed by atoms with van der Waals surface area (Å²) in [6, 6.07) is 0. The topological polar surface area (TPSA) is 46.6 Å². The fourth-order valence-electron chi connectivity index (χ4n) is 11.7. The lowest BCUT2D eigenvalue weighted by molar-refractivity contribution is -0.240. The van der Waals surface area contributed by atoms with Crippen molar-refractivity contribution < 1.29 is 14.3 Å². The van der Waals surface area contributed by atoms with E-state index in [-0.39, 0.29) is 27.8 Å². The lowest BCUT2D eigenvalue weighted by Gasteiger charge is -2.73. The number of methoxy groups -OCH3 is 1. The first-order valence-electron chi connectivity index (χ1n) is 14.7. The summed E-state index contributed by atoms with van der Waals surface area (Å²) in [6.45, 7) is 20.6. The van der Waals surface area contributed by atoms with Crippen LogP contribution in [0.3, 0.4) is 0 Å². The molecule has 1 heterocycles. The van der Waals surface area contributed by atoms with Gasteiger partial charge in [0.1, 0.15) is 6.29 Å². The number of ether oxygens (including phenoxy) is 1. The highest BCUT2D eigenvalue weighted by atomic mass is 16.5. The molecular formula is C32H51NO3. The van der Waals surface area contributed by atoms with Gasteiger partial charge in [-0.05, 0) is 131 Å². The van der Waals surface area contributed by atoms with Crippen molar-refractivity contribution >= 4 is 12.3 Å². The van der Waals surface area contributed by atoms with Crippen LogP contribution in [0, 0.1) is 51.2 Å². The molecule has 0 aromatic heterocycles. The van der Waals surface area contributed by atoms with Gasteiger partial charge in [0.25, 0.3) is 0 Å². The van der Waals surface area contributed by atoms with Crippen LogP contribution < -0.4 is 0 Å². The number of aldehydes is 1. The lowest BCUT2D eigenvalue weighted by Crippen LogP contribution is -2.69. The van der Waals surface area contributed by atoms with E-state index in [4.69, 9.17) is 4.74 Å². The number of esters is 1. The van der Waals surface area contributed by atoms with Gasteiger partial charge in [0, 0.05) is 11.0 Å². The van der Waals surface area contributed by atoms with Gasteiger partial charge in [0.05, 0.1) is 13.7 Å². The second-order valence-corrected chi connectivity index (χ2v) is 14.9. The molecule has 4 saturated carbocycles. The highest BCUT2D eigenvalue weighted by molar-refractivity contribution is 5.71. The molecule has 0 N–H and O–H groups in total. The molecule has 36 heavy (non-hydrogen) atoms. The maximum atomic E-state index is 12.6. The van der Waals surface area contributed by atoms with Gasteiger partial charge < -0.3 is 9.53 Å². The van der Waals surface area contributed by atoms with Gasteiger partial charge in [-0.25, -0.2) is 0 Å². The first kappa shape index (κ1) is 26.4. The van der Waals surface area contributed by atoms with Crippen molar-refractivity contribution in [1.29, 1.82) is 0 Å². The number of carbonyl (C=O) groups is 2. The second kappa shape index (κ2) is 8.42. The van der Waals surface area contributed by atoms with Gasteiger partial charge in [-0.15, -0.1) is 0 Å². The van der Waals surface area contributed by atoms with Crippen LogP contribution >= 0.6 is 0 Å². The molecule has 4 heteroatoms. The maximum absolute atomic E-state index is 12.6. The van der Waals surface area contributed by atoms with Crippen molar-refractivity contribution in [2.45, 2.75) is 105 Å². The molecular weight excluding hydrogens is 446 g/mol. The van der Waals surface area contributed by atoms with Gasteiger partial charge in [-0.3, -0.25) is 9.69 Å². The van der Waals surface area contributed by atoms with E-state index in [1.165, 1.54) is 51.1 Å². The summed E-state index contributed by atoms with van der Waals surface area (Å²) >= 11 is 0. The Morgan fingerprint density at radius 1 is 0.944 bits per heavy atom. The lowest BCUT2D eigenvalue weighted by atomic mass is 9.33. The quantitative estimate of drug-likeness (QED) is 0.247. The number of fused-ring (bicyclic) bond motifs is 7. The smallest absolute Gasteiger partial charge is 0.319 e. The normalized spacial score (nSPS) is 49.7. The van der Waals surface area contributed by atoms with Crippen LogP contribution in [0.5, 0.6) is 0 Å². The molecule has 0 radical (unpaired) electrons. The Labute approximate surface area is 220 Å². The molecule has 0 unspecified atom stereocenters. The molecule has 4 aliphatic carbocycles. The van der Waals surface area contributed by atoms with Gasteiger partial charge in [0.2, 0.25) is 0 Å². The van der Waals surface area contributed by atoms with Crippen LogP contribution in [-0.4, -0.2) is 42.9 Å². The number of allylic oxidation sites excluding steroid dienone is 1. The van der Waals surface area contributed by atoms with E-state index in [9.17, 15) is 9.59 Å². The van der Waals surface area contributed by atoms with E-state index in [1.54, 1.807) is 0 Å². The molecule has 0 aromatic carbocycles. The Kier molecular flexibility index (Phi) is 6.18. The molecule has 5 aliphatic rings. The first-order chi connectivity index (χ1) is 16.8. The van der Waals surface area contributed by atoms with E-state index in [1.807, 2.05) is 0 Å². The third-order valence-electron chi connectivity index (χ3n) is 13.8. The standard InChI is InChI=1S/C32H51NO3/c1-21(2)22-11-14-32(20-34)16-15-30(6)23(27(22)32)9-10-25-29(5)17-18-33(19-26(35)36-8)28(3,4)24(29)12-13-31(25,30)7/h20,22-25,27H,1,9-19H2,2-8H3/t22-,23+,24-,25+,27+,29-,30+,31+,32+/m0/s1. The zero-order valence-corrected chi connectivity index (χ0v) is 24.1. The molecule has 9 atom stereocenters. The van der Waals surface area contributed by atoms with Gasteiger partial charge >= 0.3 is 5.97 Å². The van der Waals surface area contributed by atoms with Crippen LogP contribution in [0.15, 0.2) is 12.2 Å². The maximum Gasteiger partial charge on any atom is 0.319 e. The van der Waals surface area contributed by atoms with Crippen LogP contribution in [0.25, 0.3) is 0 Å². The summed E-state index contributed by atoms with van der Waals surface area (Å²) in [5.41, 5.74) is 2.01. The minimum Gasteiger partial charge on any atom is -0.468 e. The van der Waals surface area contributed by atoms with Crippen LogP contribution in [-0.2, 0) is 14.3 Å². The average Bonchev–Trinajstić information content (AvgIpc) is 3.22. The summed E-state index contributed by atoms with van der Waals surface area (Å²) in [5, 5.41) is 0. The van der Waals surface area contributed by atoms with Crippen LogP contribution in [0.1, 0.15) is 99.3 Å². The van der Waals surface area contributed by atoms with Crippen molar-refractivity contribution in [1.82, 2.24) is 4.90 Å². The molecule has 0 amide bonds. The van der Waals surface area contributed by atoms with Crippen LogP contribution in [0.4, 0.5) is 0 Å². The minimum atomic E-state index is -0.121. The molecule has 202 valence electrons. The molecule has 1 saturated heterocycles. The number of hydrogen-bond acceptors (Lipinski definition) is 4. The van der Waals surface area contributed by atoms with Gasteiger partial charge in [-0.1, -0.05) is 32.9 Å². The average molecular weight is 498 g/mol. The van der Waals surface area contributed by atoms with E-state index in [2.05, 4.69) is 53.0 Å². The summed E-state index contributed by atoms with van der Waals surface area (Å²) in [4.78, 5) is 27.3. The van der Waals surface area contributed by atoms with Crippen molar-refractivity contribution in [3.63, 3.8) is 0 Å². The zero-order valence-electron chi connectivity index (χ0n) is 24.1. The SMILES string of the molecule is C=C(C)[C@@H]1CC[C@]2(C=O)CC[C@]3(C)[C@H](CC[C@@H]4[C@@]5(C)CCN(CC(=O)OC)C(C)(C)[C@@H]5CC[C@]43C)[C@@H]12. The van der Waals surface area contributed by atoms with E-state index in [0.717, 1.165) is 32.2 Å². The molecule has 0 spiro atoms. The summed E-state index contributed by atoms with van der Waals surface area (Å²) in [6.07, 6.45) is 12.1. The fraction of sp³-hybridized carbons (Fsp3) is 0.875. The number of hydrogen-bond donors (Lipinski definition) is 0. The van der Waals surface area contributed by atoms with E-state index < -0.39 is 0 Å². The predicted octanol–water partition coefficient (Wildman–Crippen LogP) is 6.68. The Morgan fingerprint density at radius 3 is 2.31 bits per heavy atom. The van der Waals surface area contributed by atoms with Crippen LogP contribution in [0.2, 0.25) is 0 Å². The molecule has 5 fully saturated rings. The van der Waals surface area contributed by atoms with Gasteiger partial charge in [-0.2, -0.15) is 0 Å². The highest BCUT2D eigenvalue weighted by Crippen LogP contribution is 2.76. The monoisotopic (exact) mass is 497 g/mol. The molecule has 5 rings (SSSR count). The fourth-order valence-corrected chi connectivity index (χ4v) is 11.7. The Balaban J connectivity index is 1.49. The van der Waals surface area contributed by atoms with Crippen molar-refractivity contribution in [2.75, 3.05) is 20.2 Å². The molecule has 4 nitrogen and oxygen atoms in total. The number of rotatable bonds is 4. The highest BCUT2D eigenvalue weighted by Gasteiger charge is 2.70. The first-order valence-corrected chi connectivity index (χ1v) is 14.7. The Hall–Kier alpha value is -1.16. The minimum absolute atomic E-state index is 0.0178. The number of piperidine rings is 1. The third-order valence-corrected chi connectivity index (χ3v) is 13.8. The van der Waals surface area contributed by atoms with Crippen molar-refractivity contribution in [3.05, 3.63) is 12.2 Å². The molecule has 1 aliphatic heterocycles. The van der Waals surface area contributed by atoms with Gasteiger partial charge in [0.15, 0.2) is 0 Å². The van der Waals surface area contributed by atoms with E-state index in [0.29, 0.717) is 41.5 Å². The number of nitrogens with zero attached hydrogens (tertiary/aromatic N) is 1. The molecule has 0 aromatic rings. The number of likely N-dealkylation sites (tertiary alicyclic amines) is 1. The summed E-state index contributed by atoms with van der Waals surface area (Å²) in [7, 11) is 1.50. The zero-order chi connectivity index (χ0) is 26.3. The predicted molar refractivity (Wildman–Crippen MR) is 144 cm³/mol. The third kappa shape index (κ3) is 3.27. The van der Waals surface area contributed by atoms with Crippen molar-refractivity contribution in [2.24, 2.45) is 51.2 Å². The van der Waals surface area contributed by atoms with Crippen molar-refractivity contribution in [3.8, 4) is 0 Å². The second-order valence-electron chi connectivity index (χ2n) is 14.9. The van der Waals surface area contributed by atoms with E-state index >= 15 is 0 Å². The molecule has 0 bridgehead atoms. The summed E-state index contributed by atoms with van der Waals surface area (Å²) in [5.74, 6) is 2.76. The number of carbonyl (C=O) groups excluding carboxylic acids is 2. The largest absolute Gasteiger partial charge is 0.468 e. The Morgan fingerprint density at radius 2 is 1.67 bits per heavy atom.